The van der Waals surface area contributed by atoms with Crippen LogP contribution in [0.2, 0.25) is 5.02 Å². The van der Waals surface area contributed by atoms with Gasteiger partial charge in [0.1, 0.15) is 17.4 Å². The summed E-state index contributed by atoms with van der Waals surface area (Å²) >= 11 is 7.41. The lowest BCUT2D eigenvalue weighted by atomic mass is 10.2. The van der Waals surface area contributed by atoms with Crippen molar-refractivity contribution in [3.8, 4) is 5.75 Å². The van der Waals surface area contributed by atoms with Crippen LogP contribution in [0.3, 0.4) is 0 Å². The Bertz CT molecular complexity index is 1110. The number of aryl methyl sites for hydroxylation is 1. The Kier molecular flexibility index (Phi) is 8.03. The van der Waals surface area contributed by atoms with Gasteiger partial charge < -0.3 is 19.9 Å². The molecular weight excluding hydrogens is 472 g/mol. The van der Waals surface area contributed by atoms with Gasteiger partial charge in [0, 0.05) is 42.3 Å². The summed E-state index contributed by atoms with van der Waals surface area (Å²) in [6.45, 7) is 5.10. The second kappa shape index (κ2) is 11.4. The van der Waals surface area contributed by atoms with Crippen molar-refractivity contribution in [2.45, 2.75) is 20.0 Å². The summed E-state index contributed by atoms with van der Waals surface area (Å²) in [7, 11) is 0. The normalized spacial score (nSPS) is 13.6. The molecule has 0 atom stereocenters. The maximum Gasteiger partial charge on any atom is 0.242 e. The number of anilines is 1. The van der Waals surface area contributed by atoms with E-state index in [9.17, 15) is 9.59 Å². The van der Waals surface area contributed by atoms with Crippen LogP contribution in [0.1, 0.15) is 16.3 Å². The highest BCUT2D eigenvalue weighted by Crippen LogP contribution is 2.20. The first-order chi connectivity index (χ1) is 16.5. The van der Waals surface area contributed by atoms with Gasteiger partial charge in [-0.3, -0.25) is 9.59 Å². The lowest BCUT2D eigenvalue weighted by molar-refractivity contribution is -0.133. The van der Waals surface area contributed by atoms with Crippen LogP contribution < -0.4 is 15.0 Å². The number of thiazole rings is 1. The molecule has 1 aliphatic rings. The molecule has 178 valence electrons. The monoisotopic (exact) mass is 498 g/mol. The zero-order valence-electron chi connectivity index (χ0n) is 19.0. The molecule has 7 nitrogen and oxygen atoms in total. The Labute approximate surface area is 208 Å². The number of halogens is 1. The molecule has 0 saturated carbocycles. The highest BCUT2D eigenvalue weighted by molar-refractivity contribution is 7.09. The van der Waals surface area contributed by atoms with Gasteiger partial charge >= 0.3 is 0 Å². The SMILES string of the molecule is Cc1ccc(OCc2nc(CC(=O)NCC(=O)N3CCN(c4ccc(Cl)cc4)CC3)cs2)cc1. The lowest BCUT2D eigenvalue weighted by Gasteiger charge is -2.36. The molecule has 3 aromatic rings. The maximum atomic E-state index is 12.5. The molecule has 1 fully saturated rings. The van der Waals surface area contributed by atoms with Crippen LogP contribution in [-0.2, 0) is 22.6 Å². The highest BCUT2D eigenvalue weighted by Gasteiger charge is 2.21. The summed E-state index contributed by atoms with van der Waals surface area (Å²) in [5, 5.41) is 6.09. The number of hydrogen-bond acceptors (Lipinski definition) is 6. The fourth-order valence-corrected chi connectivity index (χ4v) is 4.49. The predicted molar refractivity (Wildman–Crippen MR) is 135 cm³/mol. The first kappa shape index (κ1) is 24.0. The second-order valence-corrected chi connectivity index (χ2v) is 9.51. The van der Waals surface area contributed by atoms with Crippen LogP contribution in [0.5, 0.6) is 5.75 Å². The maximum absolute atomic E-state index is 12.5. The van der Waals surface area contributed by atoms with Gasteiger partial charge in [-0.05, 0) is 43.3 Å². The molecule has 0 spiro atoms. The van der Waals surface area contributed by atoms with Crippen molar-refractivity contribution in [2.75, 3.05) is 37.6 Å². The molecule has 0 bridgehead atoms. The minimum Gasteiger partial charge on any atom is -0.486 e. The second-order valence-electron chi connectivity index (χ2n) is 8.13. The van der Waals surface area contributed by atoms with Gasteiger partial charge in [-0.15, -0.1) is 11.3 Å². The van der Waals surface area contributed by atoms with Gasteiger partial charge in [-0.2, -0.15) is 0 Å². The molecule has 1 saturated heterocycles. The van der Waals surface area contributed by atoms with Crippen LogP contribution in [0.25, 0.3) is 0 Å². The number of hydrogen-bond donors (Lipinski definition) is 1. The molecule has 9 heteroatoms. The molecule has 1 aromatic heterocycles. The van der Waals surface area contributed by atoms with E-state index in [-0.39, 0.29) is 24.8 Å². The predicted octanol–water partition coefficient (Wildman–Crippen LogP) is 3.69. The Morgan fingerprint density at radius 2 is 1.76 bits per heavy atom. The number of carbonyl (C=O) groups is 2. The number of amides is 2. The van der Waals surface area contributed by atoms with Gasteiger partial charge in [-0.1, -0.05) is 29.3 Å². The molecule has 0 aliphatic carbocycles. The number of aromatic nitrogens is 1. The standard InChI is InChI=1S/C25H27ClN4O3S/c1-18-2-8-22(9-3-18)33-16-24-28-20(17-34-24)14-23(31)27-15-25(32)30-12-10-29(11-13-30)21-6-4-19(26)5-7-21/h2-9,17H,10-16H2,1H3,(H,27,31). The zero-order chi connectivity index (χ0) is 23.9. The van der Waals surface area contributed by atoms with E-state index in [0.29, 0.717) is 30.4 Å². The fraction of sp³-hybridized carbons (Fsp3) is 0.320. The number of piperazine rings is 1. The van der Waals surface area contributed by atoms with Gasteiger partial charge in [0.05, 0.1) is 18.7 Å². The van der Waals surface area contributed by atoms with E-state index < -0.39 is 0 Å². The van der Waals surface area contributed by atoms with Crippen molar-refractivity contribution in [2.24, 2.45) is 0 Å². The van der Waals surface area contributed by atoms with Gasteiger partial charge in [0.15, 0.2) is 0 Å². The first-order valence-corrected chi connectivity index (χ1v) is 12.4. The molecule has 1 N–H and O–H groups in total. The number of carbonyl (C=O) groups excluding carboxylic acids is 2. The van der Waals surface area contributed by atoms with Crippen LogP contribution >= 0.6 is 22.9 Å². The van der Waals surface area contributed by atoms with Crippen molar-refractivity contribution < 1.29 is 14.3 Å². The minimum absolute atomic E-state index is 0.00664. The third-order valence-electron chi connectivity index (χ3n) is 5.59. The van der Waals surface area contributed by atoms with E-state index in [2.05, 4.69) is 15.2 Å². The van der Waals surface area contributed by atoms with E-state index in [1.165, 1.54) is 16.9 Å². The largest absolute Gasteiger partial charge is 0.486 e. The first-order valence-electron chi connectivity index (χ1n) is 11.1. The van der Waals surface area contributed by atoms with Crippen molar-refractivity contribution in [3.05, 3.63) is 75.2 Å². The Balaban J connectivity index is 1.17. The van der Waals surface area contributed by atoms with E-state index in [1.807, 2.05) is 60.8 Å². The number of nitrogens with one attached hydrogen (secondary N) is 1. The summed E-state index contributed by atoms with van der Waals surface area (Å²) in [6.07, 6.45) is 0.138. The number of ether oxygens (including phenoxy) is 1. The summed E-state index contributed by atoms with van der Waals surface area (Å²) in [5.74, 6) is 0.492. The van der Waals surface area contributed by atoms with Crippen molar-refractivity contribution >= 4 is 40.4 Å². The van der Waals surface area contributed by atoms with Crippen molar-refractivity contribution in [1.82, 2.24) is 15.2 Å². The van der Waals surface area contributed by atoms with Crippen LogP contribution in [-0.4, -0.2) is 54.4 Å². The molecule has 0 unspecified atom stereocenters. The highest BCUT2D eigenvalue weighted by atomic mass is 35.5. The molecule has 4 rings (SSSR count). The molecule has 34 heavy (non-hydrogen) atoms. The third-order valence-corrected chi connectivity index (χ3v) is 6.71. The molecule has 0 radical (unpaired) electrons. The van der Waals surface area contributed by atoms with E-state index >= 15 is 0 Å². The molecule has 1 aliphatic heterocycles. The van der Waals surface area contributed by atoms with Crippen LogP contribution in [0, 0.1) is 6.92 Å². The Hall–Kier alpha value is -3.10. The molecule has 2 heterocycles. The topological polar surface area (TPSA) is 74.8 Å². The number of benzene rings is 2. The summed E-state index contributed by atoms with van der Waals surface area (Å²) in [5.41, 5.74) is 2.94. The number of nitrogens with zero attached hydrogens (tertiary/aromatic N) is 3. The molecule has 2 amide bonds. The smallest absolute Gasteiger partial charge is 0.242 e. The Morgan fingerprint density at radius 1 is 1.06 bits per heavy atom. The van der Waals surface area contributed by atoms with E-state index in [4.69, 9.17) is 16.3 Å². The Morgan fingerprint density at radius 3 is 2.47 bits per heavy atom. The quantitative estimate of drug-likeness (QED) is 0.512. The zero-order valence-corrected chi connectivity index (χ0v) is 20.6. The molecule has 2 aromatic carbocycles. The van der Waals surface area contributed by atoms with Crippen LogP contribution in [0.15, 0.2) is 53.9 Å². The summed E-state index contributed by atoms with van der Waals surface area (Å²) in [4.78, 5) is 33.3. The van der Waals surface area contributed by atoms with Crippen molar-refractivity contribution in [3.63, 3.8) is 0 Å². The fourth-order valence-electron chi connectivity index (χ4n) is 3.65. The lowest BCUT2D eigenvalue weighted by Crippen LogP contribution is -2.51. The number of rotatable bonds is 8. The third kappa shape index (κ3) is 6.71. The van der Waals surface area contributed by atoms with Crippen molar-refractivity contribution in [1.29, 1.82) is 0 Å². The summed E-state index contributed by atoms with van der Waals surface area (Å²) in [6, 6.07) is 15.5. The average molecular weight is 499 g/mol. The molecular formula is C25H27ClN4O3S. The van der Waals surface area contributed by atoms with Gasteiger partial charge in [0.25, 0.3) is 0 Å². The van der Waals surface area contributed by atoms with Gasteiger partial charge in [0.2, 0.25) is 11.8 Å². The van der Waals surface area contributed by atoms with Crippen LogP contribution in [0.4, 0.5) is 5.69 Å². The minimum atomic E-state index is -0.218. The summed E-state index contributed by atoms with van der Waals surface area (Å²) < 4.78 is 5.74. The van der Waals surface area contributed by atoms with E-state index in [0.717, 1.165) is 29.5 Å². The van der Waals surface area contributed by atoms with E-state index in [1.54, 1.807) is 4.90 Å². The van der Waals surface area contributed by atoms with Gasteiger partial charge in [-0.25, -0.2) is 4.98 Å². The average Bonchev–Trinajstić information content (AvgIpc) is 3.30.